The standard InChI is InChI=1S/C23H23N7O4/c1-3-29(4-2)23(22(24)34,30-13-26-18-11-15(21(32)33)5-6-19(18)30)16-12-17(27-28-20(16)31)14-7-9-25-10-8-14/h5-13H,3-4H2,1-2H3,(H2,24,34)(H,28,31)(H,32,33). The third-order valence-electron chi connectivity index (χ3n) is 5.86. The normalized spacial score (nSPS) is 13.1. The smallest absolute Gasteiger partial charge is 0.335 e. The molecule has 4 rings (SSSR count). The molecule has 1 amide bonds. The van der Waals surface area contributed by atoms with E-state index in [1.165, 1.54) is 29.1 Å². The Morgan fingerprint density at radius 2 is 1.85 bits per heavy atom. The first-order valence-electron chi connectivity index (χ1n) is 10.6. The minimum absolute atomic E-state index is 0.0481. The number of imidazole rings is 1. The summed E-state index contributed by atoms with van der Waals surface area (Å²) < 4.78 is 1.52. The van der Waals surface area contributed by atoms with E-state index in [4.69, 9.17) is 5.73 Å². The number of carboxylic acids is 1. The van der Waals surface area contributed by atoms with E-state index in [9.17, 15) is 19.5 Å². The van der Waals surface area contributed by atoms with Crippen molar-refractivity contribution >= 4 is 22.9 Å². The van der Waals surface area contributed by atoms with Crippen LogP contribution in [0.4, 0.5) is 0 Å². The maximum atomic E-state index is 13.4. The fourth-order valence-electron chi connectivity index (χ4n) is 4.28. The van der Waals surface area contributed by atoms with Crippen LogP contribution in [0, 0.1) is 0 Å². The number of nitrogens with one attached hydrogen (secondary N) is 1. The van der Waals surface area contributed by atoms with Gasteiger partial charge in [-0.25, -0.2) is 14.9 Å². The van der Waals surface area contributed by atoms with Crippen LogP contribution in [0.1, 0.15) is 29.8 Å². The lowest BCUT2D eigenvalue weighted by Crippen LogP contribution is -2.61. The van der Waals surface area contributed by atoms with Gasteiger partial charge in [-0.2, -0.15) is 5.10 Å². The SMILES string of the molecule is CCN(CC)C(C(N)=O)(c1cc(-c2ccncc2)n[nH]c1=O)n1cnc2cc(C(=O)O)ccc21. The topological polar surface area (TPSA) is 160 Å². The minimum atomic E-state index is -1.76. The van der Waals surface area contributed by atoms with Crippen LogP contribution in [0.25, 0.3) is 22.3 Å². The lowest BCUT2D eigenvalue weighted by Gasteiger charge is -2.41. The lowest BCUT2D eigenvalue weighted by atomic mass is 9.95. The Labute approximate surface area is 193 Å². The molecule has 0 aliphatic heterocycles. The number of rotatable bonds is 8. The molecule has 0 aliphatic carbocycles. The van der Waals surface area contributed by atoms with Gasteiger partial charge in [-0.3, -0.25) is 24.0 Å². The molecule has 4 N–H and O–H groups in total. The summed E-state index contributed by atoms with van der Waals surface area (Å²) >= 11 is 0. The van der Waals surface area contributed by atoms with Gasteiger partial charge in [0.1, 0.15) is 0 Å². The Bertz CT molecular complexity index is 1430. The molecule has 11 nitrogen and oxygen atoms in total. The number of hydrogen-bond donors (Lipinski definition) is 3. The molecule has 1 unspecified atom stereocenters. The van der Waals surface area contributed by atoms with Crippen molar-refractivity contribution in [2.45, 2.75) is 19.5 Å². The van der Waals surface area contributed by atoms with E-state index < -0.39 is 23.1 Å². The number of likely N-dealkylation sites (N-methyl/N-ethyl adjacent to an activating group) is 1. The number of nitrogens with zero attached hydrogens (tertiary/aromatic N) is 5. The molecular formula is C23H23N7O4. The maximum Gasteiger partial charge on any atom is 0.335 e. The average Bonchev–Trinajstić information content (AvgIpc) is 3.27. The number of benzene rings is 1. The summed E-state index contributed by atoms with van der Waals surface area (Å²) in [5.41, 5.74) is 5.72. The fraction of sp³-hybridized carbons (Fsp3) is 0.217. The molecule has 1 atom stereocenters. The van der Waals surface area contributed by atoms with Crippen LogP contribution < -0.4 is 11.3 Å². The Morgan fingerprint density at radius 1 is 1.15 bits per heavy atom. The molecule has 0 aliphatic rings. The van der Waals surface area contributed by atoms with E-state index in [-0.39, 0.29) is 11.1 Å². The van der Waals surface area contributed by atoms with Crippen LogP contribution in [0.2, 0.25) is 0 Å². The Kier molecular flexibility index (Phi) is 5.95. The zero-order valence-electron chi connectivity index (χ0n) is 18.6. The molecule has 3 aromatic heterocycles. The quantitative estimate of drug-likeness (QED) is 0.355. The van der Waals surface area contributed by atoms with Crippen molar-refractivity contribution in [3.05, 3.63) is 76.6 Å². The van der Waals surface area contributed by atoms with E-state index in [0.29, 0.717) is 35.4 Å². The largest absolute Gasteiger partial charge is 0.478 e. The summed E-state index contributed by atoms with van der Waals surface area (Å²) in [5, 5.41) is 16.0. The van der Waals surface area contributed by atoms with E-state index in [0.717, 1.165) is 0 Å². The van der Waals surface area contributed by atoms with E-state index in [1.807, 2.05) is 13.8 Å². The van der Waals surface area contributed by atoms with Crippen molar-refractivity contribution in [3.63, 3.8) is 0 Å². The summed E-state index contributed by atoms with van der Waals surface area (Å²) in [6, 6.07) is 9.36. The molecule has 3 heterocycles. The van der Waals surface area contributed by atoms with Gasteiger partial charge >= 0.3 is 5.97 Å². The number of aromatic nitrogens is 5. The van der Waals surface area contributed by atoms with E-state index in [1.54, 1.807) is 35.5 Å². The number of carbonyl (C=O) groups is 2. The molecule has 34 heavy (non-hydrogen) atoms. The van der Waals surface area contributed by atoms with Crippen LogP contribution >= 0.6 is 0 Å². The molecule has 0 spiro atoms. The zero-order valence-corrected chi connectivity index (χ0v) is 18.6. The van der Waals surface area contributed by atoms with Crippen LogP contribution in [-0.4, -0.2) is 59.7 Å². The molecule has 0 saturated carbocycles. The number of primary amides is 1. The van der Waals surface area contributed by atoms with E-state index in [2.05, 4.69) is 20.2 Å². The van der Waals surface area contributed by atoms with Gasteiger partial charge in [-0.15, -0.1) is 0 Å². The van der Waals surface area contributed by atoms with Crippen LogP contribution in [0.3, 0.4) is 0 Å². The highest BCUT2D eigenvalue weighted by Crippen LogP contribution is 2.33. The number of carbonyl (C=O) groups excluding carboxylic acids is 1. The minimum Gasteiger partial charge on any atom is -0.478 e. The highest BCUT2D eigenvalue weighted by atomic mass is 16.4. The second-order valence-corrected chi connectivity index (χ2v) is 7.56. The summed E-state index contributed by atoms with van der Waals surface area (Å²) in [5.74, 6) is -1.90. The van der Waals surface area contributed by atoms with Gasteiger partial charge < -0.3 is 10.8 Å². The summed E-state index contributed by atoms with van der Waals surface area (Å²) in [6.07, 6.45) is 4.58. The maximum absolute atomic E-state index is 13.4. The van der Waals surface area contributed by atoms with Crippen molar-refractivity contribution < 1.29 is 14.7 Å². The van der Waals surface area contributed by atoms with Gasteiger partial charge in [0.15, 0.2) is 0 Å². The van der Waals surface area contributed by atoms with Gasteiger partial charge in [0.25, 0.3) is 11.5 Å². The highest BCUT2D eigenvalue weighted by Gasteiger charge is 2.48. The number of H-pyrrole nitrogens is 1. The fourth-order valence-corrected chi connectivity index (χ4v) is 4.28. The average molecular weight is 461 g/mol. The molecule has 0 radical (unpaired) electrons. The van der Waals surface area contributed by atoms with Gasteiger partial charge in [-0.1, -0.05) is 13.8 Å². The van der Waals surface area contributed by atoms with Crippen molar-refractivity contribution in [2.24, 2.45) is 5.73 Å². The molecule has 0 bridgehead atoms. The second kappa shape index (κ2) is 8.87. The molecule has 1 aromatic carbocycles. The van der Waals surface area contributed by atoms with Crippen molar-refractivity contribution in [1.82, 2.24) is 29.6 Å². The molecule has 0 fully saturated rings. The van der Waals surface area contributed by atoms with Crippen molar-refractivity contribution in [3.8, 4) is 11.3 Å². The predicted octanol–water partition coefficient (Wildman–Crippen LogP) is 1.41. The Morgan fingerprint density at radius 3 is 2.47 bits per heavy atom. The first kappa shape index (κ1) is 22.8. The number of nitrogens with two attached hydrogens (primary N) is 1. The number of carboxylic acid groups (broad SMARTS) is 1. The number of aromatic carboxylic acids is 1. The molecule has 11 heteroatoms. The zero-order chi connectivity index (χ0) is 24.5. The lowest BCUT2D eigenvalue weighted by molar-refractivity contribution is -0.133. The van der Waals surface area contributed by atoms with Gasteiger partial charge in [0, 0.05) is 18.0 Å². The van der Waals surface area contributed by atoms with Gasteiger partial charge in [0.2, 0.25) is 5.66 Å². The summed E-state index contributed by atoms with van der Waals surface area (Å²) in [4.78, 5) is 48.0. The van der Waals surface area contributed by atoms with E-state index >= 15 is 0 Å². The van der Waals surface area contributed by atoms with Crippen LogP contribution in [-0.2, 0) is 10.5 Å². The third-order valence-corrected chi connectivity index (χ3v) is 5.86. The molecule has 4 aromatic rings. The Balaban J connectivity index is 2.08. The number of pyridine rings is 1. The monoisotopic (exact) mass is 461 g/mol. The van der Waals surface area contributed by atoms with Crippen molar-refractivity contribution in [2.75, 3.05) is 13.1 Å². The summed E-state index contributed by atoms with van der Waals surface area (Å²) in [6.45, 7) is 4.45. The predicted molar refractivity (Wildman–Crippen MR) is 124 cm³/mol. The first-order chi connectivity index (χ1) is 16.3. The van der Waals surface area contributed by atoms with Crippen LogP contribution in [0.5, 0.6) is 0 Å². The number of aromatic amines is 1. The van der Waals surface area contributed by atoms with Gasteiger partial charge in [0.05, 0.1) is 34.2 Å². The Hall–Kier alpha value is -4.38. The van der Waals surface area contributed by atoms with Crippen molar-refractivity contribution in [1.29, 1.82) is 0 Å². The first-order valence-corrected chi connectivity index (χ1v) is 10.6. The summed E-state index contributed by atoms with van der Waals surface area (Å²) in [7, 11) is 0. The molecular weight excluding hydrogens is 438 g/mol. The van der Waals surface area contributed by atoms with Gasteiger partial charge in [-0.05, 0) is 49.5 Å². The third kappa shape index (κ3) is 3.52. The highest BCUT2D eigenvalue weighted by molar-refractivity contribution is 5.94. The molecule has 0 saturated heterocycles. The number of hydrogen-bond acceptors (Lipinski definition) is 7. The number of fused-ring (bicyclic) bond motifs is 1. The number of amides is 1. The second-order valence-electron chi connectivity index (χ2n) is 7.56. The molecule has 174 valence electrons. The van der Waals surface area contributed by atoms with Crippen LogP contribution in [0.15, 0.2) is 59.9 Å².